The maximum absolute atomic E-state index is 5.88. The second kappa shape index (κ2) is 7.60. The molecule has 2 heterocycles. The maximum atomic E-state index is 5.88. The standard InChI is InChI=1S/C16H20N6O2/c1-23-20-10-14-15(17)18-11-19-16(14)21-12-2-4-13(5-3-12)22-6-8-24-9-7-22/h2-5,10-11H,6-9H2,1H3,(H3,17,18,19,21). The first-order valence-electron chi connectivity index (χ1n) is 7.64. The largest absolute Gasteiger partial charge is 0.399 e. The van der Waals surface area contributed by atoms with Gasteiger partial charge in [0.25, 0.3) is 0 Å². The van der Waals surface area contributed by atoms with Crippen LogP contribution >= 0.6 is 0 Å². The third kappa shape index (κ3) is 3.72. The van der Waals surface area contributed by atoms with E-state index in [9.17, 15) is 0 Å². The van der Waals surface area contributed by atoms with Gasteiger partial charge in [0.15, 0.2) is 0 Å². The minimum atomic E-state index is 0.332. The van der Waals surface area contributed by atoms with Gasteiger partial charge in [-0.15, -0.1) is 0 Å². The van der Waals surface area contributed by atoms with Crippen LogP contribution in [-0.2, 0) is 9.57 Å². The van der Waals surface area contributed by atoms with Crippen LogP contribution in [0.5, 0.6) is 0 Å². The van der Waals surface area contributed by atoms with Crippen molar-refractivity contribution in [3.63, 3.8) is 0 Å². The molecule has 0 atom stereocenters. The van der Waals surface area contributed by atoms with Crippen molar-refractivity contribution in [2.45, 2.75) is 0 Å². The van der Waals surface area contributed by atoms with Crippen molar-refractivity contribution in [1.29, 1.82) is 0 Å². The second-order valence-electron chi connectivity index (χ2n) is 5.21. The predicted molar refractivity (Wildman–Crippen MR) is 93.8 cm³/mol. The molecule has 3 rings (SSSR count). The van der Waals surface area contributed by atoms with Gasteiger partial charge in [-0.2, -0.15) is 0 Å². The molecule has 3 N–H and O–H groups in total. The van der Waals surface area contributed by atoms with Gasteiger partial charge in [0.05, 0.1) is 25.0 Å². The van der Waals surface area contributed by atoms with Crippen molar-refractivity contribution in [1.82, 2.24) is 9.97 Å². The molecule has 126 valence electrons. The number of oxime groups is 1. The van der Waals surface area contributed by atoms with E-state index in [1.807, 2.05) is 12.1 Å². The summed E-state index contributed by atoms with van der Waals surface area (Å²) in [6, 6.07) is 8.14. The Bertz CT molecular complexity index is 698. The van der Waals surface area contributed by atoms with Crippen molar-refractivity contribution >= 4 is 29.2 Å². The lowest BCUT2D eigenvalue weighted by Crippen LogP contribution is -2.36. The number of hydrogen-bond acceptors (Lipinski definition) is 8. The van der Waals surface area contributed by atoms with Crippen LogP contribution in [0.3, 0.4) is 0 Å². The summed E-state index contributed by atoms with van der Waals surface area (Å²) >= 11 is 0. The third-order valence-electron chi connectivity index (χ3n) is 3.71. The lowest BCUT2D eigenvalue weighted by Gasteiger charge is -2.28. The van der Waals surface area contributed by atoms with Crippen molar-refractivity contribution < 1.29 is 9.57 Å². The van der Waals surface area contributed by atoms with Gasteiger partial charge in [-0.1, -0.05) is 5.16 Å². The summed E-state index contributed by atoms with van der Waals surface area (Å²) in [7, 11) is 1.47. The number of anilines is 4. The topological polar surface area (TPSA) is 97.9 Å². The van der Waals surface area contributed by atoms with Crippen LogP contribution in [-0.4, -0.2) is 49.6 Å². The Kier molecular flexibility index (Phi) is 5.07. The number of benzene rings is 1. The van der Waals surface area contributed by atoms with Gasteiger partial charge in [-0.05, 0) is 24.3 Å². The van der Waals surface area contributed by atoms with E-state index in [-0.39, 0.29) is 0 Å². The lowest BCUT2D eigenvalue weighted by molar-refractivity contribution is 0.122. The van der Waals surface area contributed by atoms with Crippen molar-refractivity contribution in [3.8, 4) is 0 Å². The molecule has 0 bridgehead atoms. The van der Waals surface area contributed by atoms with E-state index in [1.165, 1.54) is 25.3 Å². The van der Waals surface area contributed by atoms with Gasteiger partial charge < -0.3 is 25.5 Å². The predicted octanol–water partition coefficient (Wildman–Crippen LogP) is 1.62. The highest BCUT2D eigenvalue weighted by atomic mass is 16.6. The summed E-state index contributed by atoms with van der Waals surface area (Å²) in [5.41, 5.74) is 8.53. The summed E-state index contributed by atoms with van der Waals surface area (Å²) in [6.07, 6.45) is 2.89. The molecule has 1 aliphatic rings. The van der Waals surface area contributed by atoms with Crippen molar-refractivity contribution in [2.75, 3.05) is 49.4 Å². The molecular formula is C16H20N6O2. The SMILES string of the molecule is CON=Cc1c(N)ncnc1Nc1ccc(N2CCOCC2)cc1. The quantitative estimate of drug-likeness (QED) is 0.635. The summed E-state index contributed by atoms with van der Waals surface area (Å²) < 4.78 is 5.38. The molecule has 1 saturated heterocycles. The normalized spacial score (nSPS) is 14.8. The van der Waals surface area contributed by atoms with Gasteiger partial charge in [-0.25, -0.2) is 9.97 Å². The minimum Gasteiger partial charge on any atom is -0.399 e. The summed E-state index contributed by atoms with van der Waals surface area (Å²) in [5.74, 6) is 0.903. The molecule has 2 aromatic rings. The van der Waals surface area contributed by atoms with Crippen LogP contribution in [0.1, 0.15) is 5.56 Å². The average molecular weight is 328 g/mol. The molecule has 8 heteroatoms. The summed E-state index contributed by atoms with van der Waals surface area (Å²) in [5, 5.41) is 6.97. The van der Waals surface area contributed by atoms with E-state index >= 15 is 0 Å². The Morgan fingerprint density at radius 3 is 2.71 bits per heavy atom. The van der Waals surface area contributed by atoms with Crippen LogP contribution in [0.15, 0.2) is 35.7 Å². The second-order valence-corrected chi connectivity index (χ2v) is 5.21. The molecule has 0 saturated carbocycles. The molecule has 1 aromatic heterocycles. The van der Waals surface area contributed by atoms with E-state index in [2.05, 4.69) is 37.5 Å². The van der Waals surface area contributed by atoms with Crippen LogP contribution in [0, 0.1) is 0 Å². The molecule has 0 amide bonds. The van der Waals surface area contributed by atoms with Crippen molar-refractivity contribution in [3.05, 3.63) is 36.2 Å². The highest BCUT2D eigenvalue weighted by Gasteiger charge is 2.12. The van der Waals surface area contributed by atoms with Crippen molar-refractivity contribution in [2.24, 2.45) is 5.16 Å². The van der Waals surface area contributed by atoms with E-state index in [1.54, 1.807) is 0 Å². The van der Waals surface area contributed by atoms with Crippen LogP contribution in [0.25, 0.3) is 0 Å². The highest BCUT2D eigenvalue weighted by molar-refractivity contribution is 5.92. The molecular weight excluding hydrogens is 308 g/mol. The van der Waals surface area contributed by atoms with Gasteiger partial charge in [-0.3, -0.25) is 0 Å². The molecule has 1 fully saturated rings. The maximum Gasteiger partial charge on any atom is 0.144 e. The molecule has 1 aromatic carbocycles. The number of nitrogens with two attached hydrogens (primary N) is 1. The monoisotopic (exact) mass is 328 g/mol. The van der Waals surface area contributed by atoms with Gasteiger partial charge in [0.2, 0.25) is 0 Å². The zero-order chi connectivity index (χ0) is 16.8. The van der Waals surface area contributed by atoms with Crippen LogP contribution in [0.2, 0.25) is 0 Å². The fraction of sp³-hybridized carbons (Fsp3) is 0.312. The number of aromatic nitrogens is 2. The Hall–Kier alpha value is -2.87. The number of morpholine rings is 1. The molecule has 0 aliphatic carbocycles. The Morgan fingerprint density at radius 2 is 2.00 bits per heavy atom. The smallest absolute Gasteiger partial charge is 0.144 e. The molecule has 24 heavy (non-hydrogen) atoms. The fourth-order valence-corrected chi connectivity index (χ4v) is 2.46. The van der Waals surface area contributed by atoms with Gasteiger partial charge >= 0.3 is 0 Å². The Morgan fingerprint density at radius 1 is 1.25 bits per heavy atom. The Labute approximate surface area is 140 Å². The van der Waals surface area contributed by atoms with Gasteiger partial charge in [0, 0.05) is 24.5 Å². The fourth-order valence-electron chi connectivity index (χ4n) is 2.46. The number of nitrogens with zero attached hydrogens (tertiary/aromatic N) is 4. The number of nitrogen functional groups attached to an aromatic ring is 1. The molecule has 0 radical (unpaired) electrons. The zero-order valence-corrected chi connectivity index (χ0v) is 13.5. The molecule has 1 aliphatic heterocycles. The van der Waals surface area contributed by atoms with E-state index in [0.717, 1.165) is 32.0 Å². The first kappa shape index (κ1) is 16.0. The first-order chi connectivity index (χ1) is 11.8. The van der Waals surface area contributed by atoms with E-state index in [4.69, 9.17) is 15.3 Å². The molecule has 8 nitrogen and oxygen atoms in total. The van der Waals surface area contributed by atoms with Crippen LogP contribution in [0.4, 0.5) is 23.0 Å². The third-order valence-corrected chi connectivity index (χ3v) is 3.71. The summed E-state index contributed by atoms with van der Waals surface area (Å²) in [6.45, 7) is 3.35. The van der Waals surface area contributed by atoms with Gasteiger partial charge in [0.1, 0.15) is 25.1 Å². The number of nitrogens with one attached hydrogen (secondary N) is 1. The minimum absolute atomic E-state index is 0.332. The number of rotatable bonds is 5. The lowest BCUT2D eigenvalue weighted by atomic mass is 10.2. The van der Waals surface area contributed by atoms with E-state index in [0.29, 0.717) is 17.2 Å². The van der Waals surface area contributed by atoms with Crippen LogP contribution < -0.4 is 16.0 Å². The van der Waals surface area contributed by atoms with E-state index < -0.39 is 0 Å². The number of ether oxygens (including phenoxy) is 1. The summed E-state index contributed by atoms with van der Waals surface area (Å²) in [4.78, 5) is 15.2. The first-order valence-corrected chi connectivity index (χ1v) is 7.64. The number of hydrogen-bond donors (Lipinski definition) is 2. The highest BCUT2D eigenvalue weighted by Crippen LogP contribution is 2.23. The average Bonchev–Trinajstić information content (AvgIpc) is 2.63. The molecule has 0 unspecified atom stereocenters. The zero-order valence-electron chi connectivity index (χ0n) is 13.5. The Balaban J connectivity index is 1.76. The molecule has 0 spiro atoms.